The molecular weight excluding hydrogens is 417 g/mol. The van der Waals surface area contributed by atoms with Crippen LogP contribution < -0.4 is 10.6 Å². The van der Waals surface area contributed by atoms with Crippen LogP contribution in [0.4, 0.5) is 23.9 Å². The number of alkyl halides is 3. The highest BCUT2D eigenvalue weighted by Gasteiger charge is 2.31. The summed E-state index contributed by atoms with van der Waals surface area (Å²) in [7, 11) is 0. The van der Waals surface area contributed by atoms with Gasteiger partial charge in [0, 0.05) is 23.1 Å². The standard InChI is InChI=1S/C17H10ClF3N4O2S/c18-11-2-1-3-12(5-11)24-15(27)13-16(28-8-23-13)25-14(26)9-4-10(7-22-6-9)17(19,20)21/h1-8H,(H,24,27)(H,25,26). The smallest absolute Gasteiger partial charge is 0.321 e. The van der Waals surface area contributed by atoms with Crippen molar-refractivity contribution in [2.24, 2.45) is 0 Å². The molecule has 0 aliphatic carbocycles. The number of rotatable bonds is 4. The second kappa shape index (κ2) is 7.95. The molecule has 1 aromatic carbocycles. The van der Waals surface area contributed by atoms with Crippen LogP contribution in [0.1, 0.15) is 26.4 Å². The number of thiazole rings is 1. The van der Waals surface area contributed by atoms with Gasteiger partial charge in [0.25, 0.3) is 11.8 Å². The molecule has 6 nitrogen and oxygen atoms in total. The summed E-state index contributed by atoms with van der Waals surface area (Å²) in [4.78, 5) is 32.0. The molecule has 3 rings (SSSR count). The number of aromatic nitrogens is 2. The Bertz CT molecular complexity index is 1040. The largest absolute Gasteiger partial charge is 0.417 e. The number of hydrogen-bond acceptors (Lipinski definition) is 5. The van der Waals surface area contributed by atoms with Crippen LogP contribution in [0.15, 0.2) is 48.2 Å². The molecule has 0 saturated heterocycles. The van der Waals surface area contributed by atoms with Gasteiger partial charge >= 0.3 is 6.18 Å². The van der Waals surface area contributed by atoms with Crippen molar-refractivity contribution in [2.45, 2.75) is 6.18 Å². The highest BCUT2D eigenvalue weighted by molar-refractivity contribution is 7.14. The highest BCUT2D eigenvalue weighted by atomic mass is 35.5. The van der Waals surface area contributed by atoms with Crippen LogP contribution in [0.5, 0.6) is 0 Å². The number of carbonyl (C=O) groups is 2. The fourth-order valence-electron chi connectivity index (χ4n) is 2.15. The molecule has 11 heteroatoms. The summed E-state index contributed by atoms with van der Waals surface area (Å²) in [6.07, 6.45) is -3.01. The average molecular weight is 427 g/mol. The molecule has 2 N–H and O–H groups in total. The molecule has 2 heterocycles. The average Bonchev–Trinajstić information content (AvgIpc) is 3.09. The summed E-state index contributed by atoms with van der Waals surface area (Å²) in [6, 6.07) is 7.09. The molecule has 0 fully saturated rings. The quantitative estimate of drug-likeness (QED) is 0.632. The van der Waals surface area contributed by atoms with Gasteiger partial charge in [0.2, 0.25) is 0 Å². The number of carbonyl (C=O) groups excluding carboxylic acids is 2. The van der Waals surface area contributed by atoms with E-state index >= 15 is 0 Å². The summed E-state index contributed by atoms with van der Waals surface area (Å²) in [5, 5.41) is 5.47. The number of nitrogens with one attached hydrogen (secondary N) is 2. The minimum atomic E-state index is -4.63. The Balaban J connectivity index is 1.77. The molecule has 0 aliphatic heterocycles. The first-order valence-electron chi connectivity index (χ1n) is 7.58. The van der Waals surface area contributed by atoms with Crippen molar-refractivity contribution < 1.29 is 22.8 Å². The first-order chi connectivity index (χ1) is 13.2. The fourth-order valence-corrected chi connectivity index (χ4v) is 3.01. The molecule has 28 heavy (non-hydrogen) atoms. The molecule has 0 saturated carbocycles. The van der Waals surface area contributed by atoms with E-state index in [4.69, 9.17) is 11.6 Å². The van der Waals surface area contributed by atoms with Crippen molar-refractivity contribution in [3.8, 4) is 0 Å². The zero-order chi connectivity index (χ0) is 20.3. The molecule has 0 aliphatic rings. The Morgan fingerprint density at radius 1 is 1.07 bits per heavy atom. The Morgan fingerprint density at radius 2 is 1.86 bits per heavy atom. The molecular formula is C17H10ClF3N4O2S. The second-order valence-electron chi connectivity index (χ2n) is 5.41. The molecule has 2 aromatic heterocycles. The highest BCUT2D eigenvalue weighted by Crippen LogP contribution is 2.29. The van der Waals surface area contributed by atoms with Crippen molar-refractivity contribution in [3.63, 3.8) is 0 Å². The maximum absolute atomic E-state index is 12.8. The van der Waals surface area contributed by atoms with Gasteiger partial charge in [-0.1, -0.05) is 17.7 Å². The lowest BCUT2D eigenvalue weighted by atomic mass is 10.2. The monoisotopic (exact) mass is 426 g/mol. The Hall–Kier alpha value is -2.98. The van der Waals surface area contributed by atoms with Crippen molar-refractivity contribution in [3.05, 3.63) is 70.1 Å². The predicted molar refractivity (Wildman–Crippen MR) is 98.7 cm³/mol. The van der Waals surface area contributed by atoms with Gasteiger partial charge in [-0.05, 0) is 24.3 Å². The van der Waals surface area contributed by atoms with Crippen LogP contribution in [0.3, 0.4) is 0 Å². The summed E-state index contributed by atoms with van der Waals surface area (Å²) >= 11 is 6.81. The molecule has 0 spiro atoms. The molecule has 0 unspecified atom stereocenters. The summed E-state index contributed by atoms with van der Waals surface area (Å²) < 4.78 is 38.3. The zero-order valence-electron chi connectivity index (χ0n) is 13.7. The van der Waals surface area contributed by atoms with Crippen molar-refractivity contribution in [1.82, 2.24) is 9.97 Å². The van der Waals surface area contributed by atoms with Gasteiger partial charge in [-0.25, -0.2) is 4.98 Å². The number of nitrogens with zero attached hydrogens (tertiary/aromatic N) is 2. The minimum absolute atomic E-state index is 0.0849. The number of anilines is 2. The van der Waals surface area contributed by atoms with Gasteiger partial charge in [0.15, 0.2) is 5.69 Å². The SMILES string of the molecule is O=C(Nc1scnc1C(=O)Nc1cccc(Cl)c1)c1cncc(C(F)(F)F)c1. The number of halogens is 4. The predicted octanol–water partition coefficient (Wildman–Crippen LogP) is 4.71. The lowest BCUT2D eigenvalue weighted by molar-refractivity contribution is -0.137. The van der Waals surface area contributed by atoms with E-state index < -0.39 is 23.6 Å². The molecule has 0 atom stereocenters. The van der Waals surface area contributed by atoms with Crippen LogP contribution in [-0.2, 0) is 6.18 Å². The van der Waals surface area contributed by atoms with Gasteiger partial charge in [0.1, 0.15) is 5.00 Å². The minimum Gasteiger partial charge on any atom is -0.321 e. The molecule has 0 bridgehead atoms. The number of amides is 2. The number of hydrogen-bond donors (Lipinski definition) is 2. The molecule has 0 radical (unpaired) electrons. The third kappa shape index (κ3) is 4.65. The third-order valence-corrected chi connectivity index (χ3v) is 4.40. The van der Waals surface area contributed by atoms with Gasteiger partial charge in [0.05, 0.1) is 16.6 Å². The first-order valence-corrected chi connectivity index (χ1v) is 8.84. The summed E-state index contributed by atoms with van der Waals surface area (Å²) in [5.74, 6) is -1.46. The van der Waals surface area contributed by atoms with E-state index in [1.807, 2.05) is 0 Å². The van der Waals surface area contributed by atoms with Crippen molar-refractivity contribution in [2.75, 3.05) is 10.6 Å². The second-order valence-corrected chi connectivity index (χ2v) is 6.70. The van der Waals surface area contributed by atoms with Crippen molar-refractivity contribution >= 4 is 45.4 Å². The Kier molecular flexibility index (Phi) is 5.61. The number of pyridine rings is 1. The lowest BCUT2D eigenvalue weighted by Crippen LogP contribution is -2.18. The van der Waals surface area contributed by atoms with Gasteiger partial charge in [-0.15, -0.1) is 11.3 Å². The molecule has 2 amide bonds. The van der Waals surface area contributed by atoms with Crippen LogP contribution in [0, 0.1) is 0 Å². The Morgan fingerprint density at radius 3 is 2.57 bits per heavy atom. The van der Waals surface area contributed by atoms with E-state index in [1.54, 1.807) is 18.2 Å². The van der Waals surface area contributed by atoms with Gasteiger partial charge < -0.3 is 10.6 Å². The van der Waals surface area contributed by atoms with Gasteiger partial charge in [-0.3, -0.25) is 14.6 Å². The van der Waals surface area contributed by atoms with Crippen LogP contribution in [0.2, 0.25) is 5.02 Å². The molecule has 144 valence electrons. The Labute approximate surface area is 165 Å². The van der Waals surface area contributed by atoms with Crippen LogP contribution in [-0.4, -0.2) is 21.8 Å². The lowest BCUT2D eigenvalue weighted by Gasteiger charge is -2.09. The van der Waals surface area contributed by atoms with E-state index in [0.717, 1.165) is 17.5 Å². The first kappa shape index (κ1) is 19.8. The topological polar surface area (TPSA) is 84.0 Å². The van der Waals surface area contributed by atoms with E-state index in [2.05, 4.69) is 20.6 Å². The van der Waals surface area contributed by atoms with Gasteiger partial charge in [-0.2, -0.15) is 13.2 Å². The maximum atomic E-state index is 12.8. The maximum Gasteiger partial charge on any atom is 0.417 e. The number of benzene rings is 1. The molecule has 3 aromatic rings. The van der Waals surface area contributed by atoms with E-state index in [9.17, 15) is 22.8 Å². The van der Waals surface area contributed by atoms with Crippen LogP contribution in [0.25, 0.3) is 0 Å². The van der Waals surface area contributed by atoms with Crippen molar-refractivity contribution in [1.29, 1.82) is 0 Å². The summed E-state index contributed by atoms with van der Waals surface area (Å²) in [6.45, 7) is 0. The third-order valence-electron chi connectivity index (χ3n) is 3.42. The van der Waals surface area contributed by atoms with E-state index in [0.29, 0.717) is 23.0 Å². The van der Waals surface area contributed by atoms with Crippen LogP contribution >= 0.6 is 22.9 Å². The van der Waals surface area contributed by atoms with E-state index in [1.165, 1.54) is 11.6 Å². The normalized spacial score (nSPS) is 11.1. The van der Waals surface area contributed by atoms with E-state index in [-0.39, 0.29) is 16.3 Å². The summed E-state index contributed by atoms with van der Waals surface area (Å²) in [5.41, 5.74) is 0.309. The zero-order valence-corrected chi connectivity index (χ0v) is 15.3. The fraction of sp³-hybridized carbons (Fsp3) is 0.0588.